The van der Waals surface area contributed by atoms with Crippen molar-refractivity contribution in [3.63, 3.8) is 0 Å². The third kappa shape index (κ3) is 4.90. The molecule has 0 fully saturated rings. The van der Waals surface area contributed by atoms with Gasteiger partial charge in [0.2, 0.25) is 5.91 Å². The molecule has 5 N–H and O–H groups in total. The minimum Gasteiger partial charge on any atom is -0.404 e. The Bertz CT molecular complexity index is 241. The Labute approximate surface area is 78.7 Å². The summed E-state index contributed by atoms with van der Waals surface area (Å²) in [5.74, 6) is 0.420. The Hall–Kier alpha value is -1.45. The molecule has 0 aromatic heterocycles. The quantitative estimate of drug-likeness (QED) is 0.555. The summed E-state index contributed by atoms with van der Waals surface area (Å²) in [5, 5.41) is 2.47. The first-order chi connectivity index (χ1) is 5.97. The molecule has 0 unspecified atom stereocenters. The number of hydrogen-bond donors (Lipinski definition) is 3. The summed E-state index contributed by atoms with van der Waals surface area (Å²) in [4.78, 5) is 10.6. The number of rotatable bonds is 3. The van der Waals surface area contributed by atoms with Gasteiger partial charge in [-0.15, -0.1) is 0 Å². The Morgan fingerprint density at radius 1 is 1.46 bits per heavy atom. The van der Waals surface area contributed by atoms with Crippen molar-refractivity contribution in [2.45, 2.75) is 20.8 Å². The lowest BCUT2D eigenvalue weighted by Crippen LogP contribution is -2.25. The van der Waals surface area contributed by atoms with E-state index in [0.29, 0.717) is 5.82 Å². The normalized spacial score (nSPS) is 13.2. The predicted molar refractivity (Wildman–Crippen MR) is 53.2 cm³/mol. The molecule has 0 saturated heterocycles. The zero-order chi connectivity index (χ0) is 10.4. The van der Waals surface area contributed by atoms with Crippen LogP contribution in [-0.2, 0) is 4.79 Å². The van der Waals surface area contributed by atoms with E-state index in [9.17, 15) is 4.79 Å². The Balaban J connectivity index is 4.44. The van der Waals surface area contributed by atoms with Crippen LogP contribution in [0.25, 0.3) is 0 Å². The summed E-state index contributed by atoms with van der Waals surface area (Å²) in [6.45, 7) is 5.40. The molecule has 74 valence electrons. The minimum absolute atomic E-state index is 0.186. The van der Waals surface area contributed by atoms with Crippen molar-refractivity contribution in [1.82, 2.24) is 5.32 Å². The van der Waals surface area contributed by atoms with E-state index in [-0.39, 0.29) is 11.8 Å². The Morgan fingerprint density at radius 2 is 2.00 bits per heavy atom. The number of carbonyl (C=O) groups is 1. The van der Waals surface area contributed by atoms with Gasteiger partial charge in [0.25, 0.3) is 0 Å². The van der Waals surface area contributed by atoms with Gasteiger partial charge in [-0.05, 0) is 23.8 Å². The van der Waals surface area contributed by atoms with Gasteiger partial charge >= 0.3 is 0 Å². The van der Waals surface area contributed by atoms with Gasteiger partial charge in [-0.3, -0.25) is 4.79 Å². The van der Waals surface area contributed by atoms with Crippen LogP contribution in [0.5, 0.6) is 0 Å². The summed E-state index contributed by atoms with van der Waals surface area (Å²) in [6.07, 6.45) is 3.14. The van der Waals surface area contributed by atoms with E-state index in [0.717, 1.165) is 5.57 Å². The van der Waals surface area contributed by atoms with Crippen molar-refractivity contribution in [3.8, 4) is 0 Å². The van der Waals surface area contributed by atoms with E-state index in [4.69, 9.17) is 11.5 Å². The zero-order valence-corrected chi connectivity index (χ0v) is 8.29. The van der Waals surface area contributed by atoms with Gasteiger partial charge < -0.3 is 16.8 Å². The van der Waals surface area contributed by atoms with E-state index in [1.165, 1.54) is 13.1 Å². The van der Waals surface area contributed by atoms with Crippen LogP contribution in [0.15, 0.2) is 23.7 Å². The number of nitrogens with two attached hydrogens (primary N) is 2. The highest BCUT2D eigenvalue weighted by Gasteiger charge is 2.00. The van der Waals surface area contributed by atoms with E-state index in [1.807, 2.05) is 13.8 Å². The molecule has 0 heterocycles. The molecule has 0 aromatic carbocycles. The lowest BCUT2D eigenvalue weighted by Gasteiger charge is -2.07. The topological polar surface area (TPSA) is 81.1 Å². The second-order valence-corrected chi connectivity index (χ2v) is 3.10. The molecule has 13 heavy (non-hydrogen) atoms. The van der Waals surface area contributed by atoms with Crippen molar-refractivity contribution in [2.75, 3.05) is 0 Å². The maximum atomic E-state index is 10.6. The monoisotopic (exact) mass is 183 g/mol. The number of hydrogen-bond acceptors (Lipinski definition) is 3. The van der Waals surface area contributed by atoms with Crippen LogP contribution in [0.1, 0.15) is 20.8 Å². The summed E-state index contributed by atoms with van der Waals surface area (Å²) < 4.78 is 0. The molecule has 0 aliphatic rings. The molecular weight excluding hydrogens is 166 g/mol. The van der Waals surface area contributed by atoms with Crippen LogP contribution in [0.4, 0.5) is 0 Å². The maximum Gasteiger partial charge on any atom is 0.222 e. The maximum absolute atomic E-state index is 10.6. The first-order valence-electron chi connectivity index (χ1n) is 4.14. The van der Waals surface area contributed by atoms with E-state index in [1.54, 1.807) is 6.08 Å². The van der Waals surface area contributed by atoms with Gasteiger partial charge in [-0.1, -0.05) is 13.8 Å². The first-order valence-corrected chi connectivity index (χ1v) is 4.14. The average Bonchev–Trinajstić information content (AvgIpc) is 1.98. The average molecular weight is 183 g/mol. The molecule has 0 aromatic rings. The highest BCUT2D eigenvalue weighted by atomic mass is 16.1. The molecule has 0 atom stereocenters. The molecular formula is C9H17N3O. The van der Waals surface area contributed by atoms with E-state index >= 15 is 0 Å². The Kier molecular flexibility index (Phi) is 4.66. The summed E-state index contributed by atoms with van der Waals surface area (Å²) >= 11 is 0. The molecule has 0 aliphatic heterocycles. The third-order valence-corrected chi connectivity index (χ3v) is 1.50. The van der Waals surface area contributed by atoms with Gasteiger partial charge in [-0.2, -0.15) is 0 Å². The van der Waals surface area contributed by atoms with E-state index < -0.39 is 0 Å². The van der Waals surface area contributed by atoms with Gasteiger partial charge in [-0.25, -0.2) is 0 Å². The fourth-order valence-electron chi connectivity index (χ4n) is 0.826. The largest absolute Gasteiger partial charge is 0.404 e. The minimum atomic E-state index is -0.186. The van der Waals surface area contributed by atoms with Crippen molar-refractivity contribution in [1.29, 1.82) is 0 Å². The van der Waals surface area contributed by atoms with Gasteiger partial charge in [0, 0.05) is 6.92 Å². The van der Waals surface area contributed by atoms with Crippen LogP contribution in [0.2, 0.25) is 0 Å². The third-order valence-electron chi connectivity index (χ3n) is 1.50. The number of amides is 1. The highest BCUT2D eigenvalue weighted by Crippen LogP contribution is 2.09. The molecule has 0 aliphatic carbocycles. The smallest absolute Gasteiger partial charge is 0.222 e. The van der Waals surface area contributed by atoms with Gasteiger partial charge in [0.15, 0.2) is 0 Å². The molecule has 1 amide bonds. The lowest BCUT2D eigenvalue weighted by molar-refractivity contribution is -0.118. The molecule has 4 nitrogen and oxygen atoms in total. The van der Waals surface area contributed by atoms with Gasteiger partial charge in [0.1, 0.15) is 5.82 Å². The Morgan fingerprint density at radius 3 is 2.31 bits per heavy atom. The van der Waals surface area contributed by atoms with Crippen LogP contribution in [0.3, 0.4) is 0 Å². The van der Waals surface area contributed by atoms with Crippen molar-refractivity contribution < 1.29 is 4.79 Å². The highest BCUT2D eigenvalue weighted by molar-refractivity contribution is 5.74. The molecule has 0 bridgehead atoms. The van der Waals surface area contributed by atoms with Crippen molar-refractivity contribution in [3.05, 3.63) is 23.7 Å². The molecule has 0 radical (unpaired) electrons. The number of nitrogens with one attached hydrogen (secondary N) is 1. The molecule has 0 rings (SSSR count). The predicted octanol–water partition coefficient (Wildman–Crippen LogP) is 0.421. The second-order valence-electron chi connectivity index (χ2n) is 3.10. The van der Waals surface area contributed by atoms with Crippen molar-refractivity contribution >= 4 is 5.91 Å². The summed E-state index contributed by atoms with van der Waals surface area (Å²) in [7, 11) is 0. The van der Waals surface area contributed by atoms with Crippen LogP contribution >= 0.6 is 0 Å². The van der Waals surface area contributed by atoms with Crippen molar-refractivity contribution in [2.24, 2.45) is 17.4 Å². The molecule has 0 saturated carbocycles. The molecule has 4 heteroatoms. The molecule has 0 spiro atoms. The van der Waals surface area contributed by atoms with Crippen LogP contribution < -0.4 is 16.8 Å². The first kappa shape index (κ1) is 11.6. The number of allylic oxidation sites excluding steroid dienone is 2. The van der Waals surface area contributed by atoms with Crippen LogP contribution in [0, 0.1) is 5.92 Å². The fraction of sp³-hybridized carbons (Fsp3) is 0.444. The van der Waals surface area contributed by atoms with E-state index in [2.05, 4.69) is 5.32 Å². The van der Waals surface area contributed by atoms with Crippen LogP contribution in [-0.4, -0.2) is 5.91 Å². The number of carbonyl (C=O) groups excluding carboxylic acids is 1. The van der Waals surface area contributed by atoms with Gasteiger partial charge in [0.05, 0.1) is 0 Å². The second kappa shape index (κ2) is 5.24. The fourth-order valence-corrected chi connectivity index (χ4v) is 0.826. The lowest BCUT2D eigenvalue weighted by atomic mass is 10.0. The zero-order valence-electron chi connectivity index (χ0n) is 8.29. The standard InChI is InChI=1S/C9H17N3O/c1-6(2)8(5-10)4-9(11)12-7(3)13/h4-6H,10-11H2,1-3H3,(H,12,13)/b8-5+,9-4+. The SMILES string of the molecule is CC(=O)N/C(N)=C/C(=C\N)C(C)C. The summed E-state index contributed by atoms with van der Waals surface area (Å²) in [6, 6.07) is 0. The summed E-state index contributed by atoms with van der Waals surface area (Å²) in [5.41, 5.74) is 11.8.